The Morgan fingerprint density at radius 3 is 2.47 bits per heavy atom. The van der Waals surface area contributed by atoms with Crippen molar-refractivity contribution in [3.05, 3.63) is 60.7 Å². The largest absolute Gasteiger partial charge is 0.497 e. The smallest absolute Gasteiger partial charge is 0.408 e. The molecule has 3 N–H and O–H groups in total. The summed E-state index contributed by atoms with van der Waals surface area (Å²) in [6, 6.07) is 13.0. The van der Waals surface area contributed by atoms with Crippen molar-refractivity contribution in [1.29, 1.82) is 0 Å². The van der Waals surface area contributed by atoms with Crippen LogP contribution >= 0.6 is 0 Å². The molecule has 5 atom stereocenters. The van der Waals surface area contributed by atoms with Gasteiger partial charge < -0.3 is 39.4 Å². The highest BCUT2D eigenvalue weighted by atomic mass is 32.2. The van der Waals surface area contributed by atoms with Gasteiger partial charge in [0.15, 0.2) is 0 Å². The van der Waals surface area contributed by atoms with Crippen LogP contribution in [0.4, 0.5) is 10.5 Å². The van der Waals surface area contributed by atoms with Crippen LogP contribution in [0.25, 0.3) is 22.0 Å². The summed E-state index contributed by atoms with van der Waals surface area (Å²) in [6.07, 6.45) is 3.64. The molecule has 4 amide bonds. The van der Waals surface area contributed by atoms with Gasteiger partial charge in [-0.05, 0) is 100 Å². The molecule has 3 fully saturated rings. The lowest BCUT2D eigenvalue weighted by Crippen LogP contribution is -2.58. The second kappa shape index (κ2) is 16.9. The Morgan fingerprint density at radius 1 is 1.03 bits per heavy atom. The second-order valence-electron chi connectivity index (χ2n) is 17.1. The first kappa shape index (κ1) is 42.7. The lowest BCUT2D eigenvalue weighted by Gasteiger charge is -2.30. The van der Waals surface area contributed by atoms with E-state index >= 15 is 0 Å². The molecule has 7 rings (SSSR count). The molecule has 2 unspecified atom stereocenters. The Kier molecular flexibility index (Phi) is 12.0. The van der Waals surface area contributed by atoms with Crippen molar-refractivity contribution in [3.8, 4) is 22.9 Å². The van der Waals surface area contributed by atoms with Crippen molar-refractivity contribution >= 4 is 50.3 Å². The van der Waals surface area contributed by atoms with Crippen molar-refractivity contribution in [2.24, 2.45) is 5.92 Å². The molecule has 60 heavy (non-hydrogen) atoms. The third kappa shape index (κ3) is 9.62. The number of carbonyl (C=O) groups excluding carboxylic acids is 4. The monoisotopic (exact) mass is 846 g/mol. The predicted molar refractivity (Wildman–Crippen MR) is 224 cm³/mol. The van der Waals surface area contributed by atoms with Crippen molar-refractivity contribution in [3.63, 3.8) is 0 Å². The molecule has 0 radical (unpaired) electrons. The quantitative estimate of drug-likeness (QED) is 0.262. The minimum Gasteiger partial charge on any atom is -0.497 e. The molecule has 0 bridgehead atoms. The number of hydrogen-bond acceptors (Lipinski definition) is 12. The van der Waals surface area contributed by atoms with E-state index in [-0.39, 0.29) is 44.9 Å². The Bertz CT molecular complexity index is 2270. The van der Waals surface area contributed by atoms with Crippen LogP contribution in [0.2, 0.25) is 0 Å². The van der Waals surface area contributed by atoms with Gasteiger partial charge in [-0.25, -0.2) is 18.2 Å². The Hall–Kier alpha value is -5.42. The van der Waals surface area contributed by atoms with E-state index in [9.17, 15) is 27.6 Å². The summed E-state index contributed by atoms with van der Waals surface area (Å²) in [4.78, 5) is 64.4. The molecule has 2 aromatic carbocycles. The Labute approximate surface area is 350 Å². The van der Waals surface area contributed by atoms with Gasteiger partial charge in [-0.3, -0.25) is 19.1 Å². The number of ether oxygens (including phenoxy) is 4. The van der Waals surface area contributed by atoms with Crippen LogP contribution in [0.1, 0.15) is 59.3 Å². The molecule has 1 aromatic heterocycles. The molecule has 17 heteroatoms. The Balaban J connectivity index is 1.24. The first-order chi connectivity index (χ1) is 28.5. The summed E-state index contributed by atoms with van der Waals surface area (Å²) < 4.78 is 51.5. The van der Waals surface area contributed by atoms with Gasteiger partial charge in [0.05, 0.1) is 31.2 Å². The van der Waals surface area contributed by atoms with Gasteiger partial charge in [0.2, 0.25) is 27.7 Å². The highest BCUT2D eigenvalue weighted by Crippen LogP contribution is 2.46. The zero-order valence-corrected chi connectivity index (χ0v) is 35.7. The van der Waals surface area contributed by atoms with Crippen LogP contribution in [-0.4, -0.2) is 118 Å². The number of rotatable bonds is 9. The van der Waals surface area contributed by atoms with Gasteiger partial charge in [-0.15, -0.1) is 0 Å². The number of amides is 4. The maximum atomic E-state index is 14.7. The van der Waals surface area contributed by atoms with Crippen molar-refractivity contribution in [1.82, 2.24) is 25.2 Å². The summed E-state index contributed by atoms with van der Waals surface area (Å²) in [5.41, 5.74) is -0.0199. The maximum Gasteiger partial charge on any atom is 0.408 e. The molecule has 3 heterocycles. The lowest BCUT2D eigenvalue weighted by atomic mass is 10.1. The fourth-order valence-electron chi connectivity index (χ4n) is 7.61. The number of anilines is 1. The van der Waals surface area contributed by atoms with E-state index in [0.717, 1.165) is 16.6 Å². The first-order valence-corrected chi connectivity index (χ1v) is 21.9. The summed E-state index contributed by atoms with van der Waals surface area (Å²) >= 11 is 0. The number of alkyl carbamates (subject to hydrolysis) is 1. The van der Waals surface area contributed by atoms with Crippen LogP contribution < -0.4 is 29.7 Å². The number of sulfonamides is 1. The predicted octanol–water partition coefficient (Wildman–Crippen LogP) is 4.07. The van der Waals surface area contributed by atoms with Gasteiger partial charge in [-0.2, -0.15) is 0 Å². The highest BCUT2D eigenvalue weighted by molar-refractivity contribution is 7.91. The minimum absolute atomic E-state index is 0.00245. The van der Waals surface area contributed by atoms with Gasteiger partial charge in [0, 0.05) is 56.1 Å². The zero-order chi connectivity index (χ0) is 43.0. The number of methoxy groups -OCH3 is 1. The first-order valence-electron chi connectivity index (χ1n) is 20.3. The zero-order valence-electron chi connectivity index (χ0n) is 34.9. The molecule has 2 aliphatic heterocycles. The van der Waals surface area contributed by atoms with E-state index in [1.807, 2.05) is 73.6 Å². The second-order valence-corrected chi connectivity index (χ2v) is 19.0. The summed E-state index contributed by atoms with van der Waals surface area (Å²) in [5, 5.41) is 6.47. The van der Waals surface area contributed by atoms with Gasteiger partial charge >= 0.3 is 6.09 Å². The molecule has 2 saturated carbocycles. The van der Waals surface area contributed by atoms with Gasteiger partial charge in [0.25, 0.3) is 5.91 Å². The van der Waals surface area contributed by atoms with Crippen LogP contribution in [0.15, 0.2) is 60.7 Å². The van der Waals surface area contributed by atoms with Crippen LogP contribution in [-0.2, 0) is 33.9 Å². The number of carbonyl (C=O) groups is 4. The standard InChI is InChI=1S/C43H54N6O10S/c1-42(2,3)59-41(53)45-34-18-20-57-19-8-7-9-28-24-43(28,40(52)47-60(54,55)32-15-16-32)46-37(50)36-23-31(25-49(36)39(34)51)58-38-33-17-12-29(48(4)5)21-27(33)22-35(44-38)26-10-13-30(56-6)14-11-26/h7,9-14,17,21-22,28,31-32,34,36H,8,15-16,18-20,23-25H2,1-6H3,(H,45,53)(H,46,50)(H,47,52)/b9-7-/t28?,31?,34-,36-,43+/m0/s1. The molecule has 0 spiro atoms. The minimum atomic E-state index is -3.93. The maximum absolute atomic E-state index is 14.7. The molecular weight excluding hydrogens is 793 g/mol. The third-order valence-electron chi connectivity index (χ3n) is 11.1. The molecule has 1 saturated heterocycles. The average molecular weight is 847 g/mol. The highest BCUT2D eigenvalue weighted by Gasteiger charge is 2.62. The molecule has 322 valence electrons. The van der Waals surface area contributed by atoms with E-state index in [4.69, 9.17) is 23.9 Å². The number of benzene rings is 2. The van der Waals surface area contributed by atoms with Gasteiger partial charge in [0.1, 0.15) is 35.1 Å². The van der Waals surface area contributed by atoms with Crippen LogP contribution in [0, 0.1) is 5.92 Å². The van der Waals surface area contributed by atoms with Crippen molar-refractivity contribution in [2.75, 3.05) is 45.9 Å². The fourth-order valence-corrected chi connectivity index (χ4v) is 8.98. The molecule has 3 aromatic rings. The third-order valence-corrected chi connectivity index (χ3v) is 12.9. The topological polar surface area (TPSA) is 195 Å². The molecule has 16 nitrogen and oxygen atoms in total. The van der Waals surface area contributed by atoms with Crippen LogP contribution in [0.5, 0.6) is 11.6 Å². The van der Waals surface area contributed by atoms with E-state index < -0.39 is 74.3 Å². The fraction of sp³-hybridized carbons (Fsp3) is 0.512. The number of fused-ring (bicyclic) bond motifs is 3. The Morgan fingerprint density at radius 2 is 1.78 bits per heavy atom. The van der Waals surface area contributed by atoms with Crippen molar-refractivity contribution < 1.29 is 46.5 Å². The number of pyridine rings is 1. The van der Waals surface area contributed by atoms with Gasteiger partial charge in [-0.1, -0.05) is 12.2 Å². The number of nitrogens with zero attached hydrogens (tertiary/aromatic N) is 3. The number of nitrogens with one attached hydrogen (secondary N) is 3. The normalized spacial score (nSPS) is 25.4. The number of hydrogen-bond donors (Lipinski definition) is 3. The summed E-state index contributed by atoms with van der Waals surface area (Å²) in [5.74, 6) is -1.59. The van der Waals surface area contributed by atoms with E-state index in [0.29, 0.717) is 36.1 Å². The molecule has 4 aliphatic rings. The SMILES string of the molecule is COc1ccc(-c2cc3cc(N(C)C)ccc3c(OC3C[C@H]4C(=O)N[C@]5(C(=O)NS(=O)(=O)C6CC6)CC5/C=C\CCOCC[C@H](NC(=O)OC(C)(C)C)C(=O)N4C3)n2)cc1. The lowest BCUT2D eigenvalue weighted by molar-refractivity contribution is -0.141. The van der Waals surface area contributed by atoms with E-state index in [1.165, 1.54) is 4.90 Å². The summed E-state index contributed by atoms with van der Waals surface area (Å²) in [7, 11) is 1.56. The molecular formula is C43H54N6O10S. The van der Waals surface area contributed by atoms with Crippen molar-refractivity contribution in [2.45, 2.75) is 93.9 Å². The van der Waals surface area contributed by atoms with Crippen LogP contribution in [0.3, 0.4) is 0 Å². The van der Waals surface area contributed by atoms with E-state index in [2.05, 4.69) is 15.4 Å². The van der Waals surface area contributed by atoms with E-state index in [1.54, 1.807) is 34.0 Å². The summed E-state index contributed by atoms with van der Waals surface area (Å²) in [6.45, 7) is 5.45. The average Bonchev–Trinajstić information content (AvgIpc) is 4.12. The molecule has 2 aliphatic carbocycles. The number of aromatic nitrogens is 1.